The van der Waals surface area contributed by atoms with E-state index in [9.17, 15) is 4.79 Å². The third kappa shape index (κ3) is 6.66. The van der Waals surface area contributed by atoms with Crippen molar-refractivity contribution in [2.24, 2.45) is 17.6 Å². The minimum atomic E-state index is -0.454. The van der Waals surface area contributed by atoms with E-state index in [0.29, 0.717) is 13.1 Å². The summed E-state index contributed by atoms with van der Waals surface area (Å²) < 4.78 is 5.29. The Labute approximate surface area is 128 Å². The van der Waals surface area contributed by atoms with Crippen molar-refractivity contribution >= 4 is 6.09 Å². The molecule has 2 fully saturated rings. The molecule has 3 N–H and O–H groups in total. The SMILES string of the molecule is CC(C)(C)OC(=O)NCC(CN)N(CC1CC1)CC1CC1. The Kier molecular flexibility index (Phi) is 5.49. The molecular formula is C16H31N3O2. The normalized spacial score (nSPS) is 20.4. The highest BCUT2D eigenvalue weighted by Crippen LogP contribution is 2.34. The summed E-state index contributed by atoms with van der Waals surface area (Å²) in [5.41, 5.74) is 5.49. The molecule has 5 nitrogen and oxygen atoms in total. The van der Waals surface area contributed by atoms with Gasteiger partial charge in [-0.1, -0.05) is 0 Å². The van der Waals surface area contributed by atoms with E-state index in [1.54, 1.807) is 0 Å². The number of carbonyl (C=O) groups excluding carboxylic acids is 1. The third-order valence-corrected chi connectivity index (χ3v) is 4.05. The third-order valence-electron chi connectivity index (χ3n) is 4.05. The number of nitrogens with two attached hydrogens (primary N) is 1. The molecule has 1 unspecified atom stereocenters. The molecule has 0 aromatic rings. The molecule has 122 valence electrons. The Morgan fingerprint density at radius 2 is 1.76 bits per heavy atom. The zero-order chi connectivity index (χ0) is 15.5. The largest absolute Gasteiger partial charge is 0.444 e. The fourth-order valence-corrected chi connectivity index (χ4v) is 2.51. The Balaban J connectivity index is 1.79. The molecule has 0 saturated heterocycles. The Morgan fingerprint density at radius 3 is 2.14 bits per heavy atom. The highest BCUT2D eigenvalue weighted by Gasteiger charge is 2.32. The van der Waals surface area contributed by atoms with Gasteiger partial charge < -0.3 is 15.8 Å². The quantitative estimate of drug-likeness (QED) is 0.718. The van der Waals surface area contributed by atoms with Crippen LogP contribution in [0.1, 0.15) is 46.5 Å². The molecule has 0 aromatic carbocycles. The first kappa shape index (κ1) is 16.6. The predicted molar refractivity (Wildman–Crippen MR) is 84.1 cm³/mol. The van der Waals surface area contributed by atoms with E-state index in [-0.39, 0.29) is 12.1 Å². The number of hydrogen-bond donors (Lipinski definition) is 2. The van der Waals surface area contributed by atoms with Gasteiger partial charge in [-0.05, 0) is 58.3 Å². The van der Waals surface area contributed by atoms with E-state index < -0.39 is 5.60 Å². The van der Waals surface area contributed by atoms with Gasteiger partial charge in [0.25, 0.3) is 0 Å². The summed E-state index contributed by atoms with van der Waals surface area (Å²) in [6, 6.07) is 0.221. The predicted octanol–water partition coefficient (Wildman–Crippen LogP) is 1.96. The second-order valence-electron chi connectivity index (χ2n) is 7.61. The summed E-state index contributed by atoms with van der Waals surface area (Å²) in [5, 5.41) is 2.88. The van der Waals surface area contributed by atoms with Crippen molar-refractivity contribution in [1.29, 1.82) is 0 Å². The summed E-state index contributed by atoms with van der Waals surface area (Å²) in [6.45, 7) is 9.04. The molecule has 0 heterocycles. The Morgan fingerprint density at radius 1 is 1.24 bits per heavy atom. The van der Waals surface area contributed by atoms with Gasteiger partial charge in [-0.15, -0.1) is 0 Å². The first-order chi connectivity index (χ1) is 9.87. The first-order valence-electron chi connectivity index (χ1n) is 8.28. The molecule has 0 aliphatic heterocycles. The van der Waals surface area contributed by atoms with Crippen LogP contribution in [-0.4, -0.2) is 48.8 Å². The van der Waals surface area contributed by atoms with Crippen LogP contribution in [0.15, 0.2) is 0 Å². The molecule has 2 aliphatic rings. The van der Waals surface area contributed by atoms with Crippen molar-refractivity contribution in [2.75, 3.05) is 26.2 Å². The molecule has 0 spiro atoms. The highest BCUT2D eigenvalue weighted by atomic mass is 16.6. The van der Waals surface area contributed by atoms with Gasteiger partial charge in [0.1, 0.15) is 5.60 Å². The molecule has 0 bridgehead atoms. The van der Waals surface area contributed by atoms with E-state index in [1.165, 1.54) is 25.7 Å². The maximum absolute atomic E-state index is 11.8. The van der Waals surface area contributed by atoms with Crippen molar-refractivity contribution in [3.63, 3.8) is 0 Å². The monoisotopic (exact) mass is 297 g/mol. The van der Waals surface area contributed by atoms with Gasteiger partial charge in [-0.2, -0.15) is 0 Å². The summed E-state index contributed by atoms with van der Waals surface area (Å²) in [6.07, 6.45) is 5.03. The van der Waals surface area contributed by atoms with E-state index in [0.717, 1.165) is 24.9 Å². The maximum Gasteiger partial charge on any atom is 0.407 e. The number of ether oxygens (including phenoxy) is 1. The zero-order valence-corrected chi connectivity index (χ0v) is 13.7. The van der Waals surface area contributed by atoms with Gasteiger partial charge in [0.15, 0.2) is 0 Å². The van der Waals surface area contributed by atoms with Crippen LogP contribution in [0.4, 0.5) is 4.79 Å². The van der Waals surface area contributed by atoms with Gasteiger partial charge in [0.2, 0.25) is 0 Å². The van der Waals surface area contributed by atoms with Crippen LogP contribution in [-0.2, 0) is 4.74 Å². The lowest BCUT2D eigenvalue weighted by Crippen LogP contribution is -2.50. The van der Waals surface area contributed by atoms with Crippen LogP contribution in [0.3, 0.4) is 0 Å². The lowest BCUT2D eigenvalue weighted by Gasteiger charge is -2.31. The van der Waals surface area contributed by atoms with Crippen LogP contribution >= 0.6 is 0 Å². The number of carbonyl (C=O) groups is 1. The molecule has 1 atom stereocenters. The smallest absolute Gasteiger partial charge is 0.407 e. The average molecular weight is 297 g/mol. The van der Waals surface area contributed by atoms with Gasteiger partial charge in [-0.3, -0.25) is 4.90 Å². The minimum absolute atomic E-state index is 0.221. The molecule has 2 aliphatic carbocycles. The van der Waals surface area contributed by atoms with Gasteiger partial charge in [-0.25, -0.2) is 4.79 Å². The lowest BCUT2D eigenvalue weighted by atomic mass is 10.2. The molecule has 1 amide bonds. The van der Waals surface area contributed by atoms with E-state index in [2.05, 4.69) is 10.2 Å². The van der Waals surface area contributed by atoms with E-state index in [4.69, 9.17) is 10.5 Å². The van der Waals surface area contributed by atoms with Crippen LogP contribution in [0, 0.1) is 11.8 Å². The van der Waals surface area contributed by atoms with Crippen LogP contribution in [0.5, 0.6) is 0 Å². The second kappa shape index (κ2) is 6.97. The summed E-state index contributed by atoms with van der Waals surface area (Å²) >= 11 is 0. The highest BCUT2D eigenvalue weighted by molar-refractivity contribution is 5.67. The average Bonchev–Trinajstić information content (AvgIpc) is 3.22. The topological polar surface area (TPSA) is 67.6 Å². The zero-order valence-electron chi connectivity index (χ0n) is 13.7. The minimum Gasteiger partial charge on any atom is -0.444 e. The number of hydrogen-bond acceptors (Lipinski definition) is 4. The van der Waals surface area contributed by atoms with E-state index >= 15 is 0 Å². The van der Waals surface area contributed by atoms with E-state index in [1.807, 2.05) is 20.8 Å². The summed E-state index contributed by atoms with van der Waals surface area (Å²) in [7, 11) is 0. The number of rotatable bonds is 8. The summed E-state index contributed by atoms with van der Waals surface area (Å²) in [5.74, 6) is 1.69. The number of nitrogens with zero attached hydrogens (tertiary/aromatic N) is 1. The van der Waals surface area contributed by atoms with Crippen LogP contribution in [0.25, 0.3) is 0 Å². The van der Waals surface area contributed by atoms with Crippen molar-refractivity contribution in [3.05, 3.63) is 0 Å². The lowest BCUT2D eigenvalue weighted by molar-refractivity contribution is 0.0506. The molecule has 21 heavy (non-hydrogen) atoms. The van der Waals surface area contributed by atoms with Crippen molar-refractivity contribution in [1.82, 2.24) is 10.2 Å². The van der Waals surface area contributed by atoms with Gasteiger partial charge in [0.05, 0.1) is 0 Å². The summed E-state index contributed by atoms with van der Waals surface area (Å²) in [4.78, 5) is 14.3. The first-order valence-corrected chi connectivity index (χ1v) is 8.28. The van der Waals surface area contributed by atoms with Crippen molar-refractivity contribution < 1.29 is 9.53 Å². The van der Waals surface area contributed by atoms with Gasteiger partial charge >= 0.3 is 6.09 Å². The molecule has 0 radical (unpaired) electrons. The number of nitrogens with one attached hydrogen (secondary N) is 1. The molecule has 2 rings (SSSR count). The van der Waals surface area contributed by atoms with Crippen molar-refractivity contribution in [3.8, 4) is 0 Å². The number of amides is 1. The van der Waals surface area contributed by atoms with Gasteiger partial charge in [0, 0.05) is 32.2 Å². The molecule has 0 aromatic heterocycles. The Hall–Kier alpha value is -0.810. The maximum atomic E-state index is 11.8. The van der Waals surface area contributed by atoms with Crippen LogP contribution < -0.4 is 11.1 Å². The number of alkyl carbamates (subject to hydrolysis) is 1. The second-order valence-corrected chi connectivity index (χ2v) is 7.61. The fourth-order valence-electron chi connectivity index (χ4n) is 2.51. The Bertz CT molecular complexity index is 332. The van der Waals surface area contributed by atoms with Crippen molar-refractivity contribution in [2.45, 2.75) is 58.1 Å². The molecular weight excluding hydrogens is 266 g/mol. The molecule has 2 saturated carbocycles. The van der Waals surface area contributed by atoms with Crippen LogP contribution in [0.2, 0.25) is 0 Å². The fraction of sp³-hybridized carbons (Fsp3) is 0.938. The molecule has 5 heteroatoms. The standard InChI is InChI=1S/C16H31N3O2/c1-16(2,3)21-15(20)18-9-14(8-17)19(10-12-4-5-12)11-13-6-7-13/h12-14H,4-11,17H2,1-3H3,(H,18,20).